The Kier molecular flexibility index (Phi) is 6.28. The van der Waals surface area contributed by atoms with Gasteiger partial charge in [0.1, 0.15) is 0 Å². The van der Waals surface area contributed by atoms with Crippen LogP contribution in [0.4, 0.5) is 0 Å². The van der Waals surface area contributed by atoms with Crippen molar-refractivity contribution in [2.24, 2.45) is 46.3 Å². The molecule has 0 N–H and O–H groups in total. The summed E-state index contributed by atoms with van der Waals surface area (Å²) in [6.45, 7) is 0. The molecule has 0 saturated heterocycles. The predicted molar refractivity (Wildman–Crippen MR) is 126 cm³/mol. The molecular weight excluding hydrogens is 440 g/mol. The first-order valence-corrected chi connectivity index (χ1v) is 16.5. The molecule has 7 saturated carbocycles. The smallest absolute Gasteiger partial charge is 0.377 e. The van der Waals surface area contributed by atoms with Crippen molar-refractivity contribution in [2.75, 3.05) is 42.7 Å². The third-order valence-corrected chi connectivity index (χ3v) is 16.6. The van der Waals surface area contributed by atoms with Gasteiger partial charge in [0.2, 0.25) is 0 Å². The van der Waals surface area contributed by atoms with Crippen molar-refractivity contribution < 1.29 is 26.6 Å². The van der Waals surface area contributed by atoms with Gasteiger partial charge in [-0.15, -0.1) is 0 Å². The lowest BCUT2D eigenvalue weighted by atomic mass is 9.30. The van der Waals surface area contributed by atoms with Gasteiger partial charge >= 0.3 is 17.6 Å². The van der Waals surface area contributed by atoms with Gasteiger partial charge in [-0.25, -0.2) is 0 Å². The molecule has 0 aromatic rings. The van der Waals surface area contributed by atoms with E-state index in [4.69, 9.17) is 26.6 Å². The van der Waals surface area contributed by atoms with Crippen LogP contribution in [0.1, 0.15) is 51.4 Å². The van der Waals surface area contributed by atoms with E-state index in [0.717, 1.165) is 47.6 Å². The maximum absolute atomic E-state index is 5.77. The van der Waals surface area contributed by atoms with E-state index < -0.39 is 17.6 Å². The molecule has 0 unspecified atom stereocenters. The van der Waals surface area contributed by atoms with Crippen molar-refractivity contribution in [1.82, 2.24) is 0 Å². The van der Waals surface area contributed by atoms with E-state index in [2.05, 4.69) is 0 Å². The molecule has 0 amide bonds. The Morgan fingerprint density at radius 3 is 0.875 bits per heavy atom. The SMILES string of the molecule is CO[Si](CCC12CC3C4CC5(CC[Si](OC)(OC)OC)CC3C(C1)C(C5)C4C2)(OC)OC. The summed E-state index contributed by atoms with van der Waals surface area (Å²) in [5, 5.41) is 0. The monoisotopic (exact) mass is 484 g/mol. The lowest BCUT2D eigenvalue weighted by Gasteiger charge is -2.75. The second-order valence-corrected chi connectivity index (χ2v) is 18.0. The minimum absolute atomic E-state index is 0.513. The Morgan fingerprint density at radius 1 is 0.469 bits per heavy atom. The van der Waals surface area contributed by atoms with Crippen LogP contribution in [0.25, 0.3) is 0 Å². The highest BCUT2D eigenvalue weighted by molar-refractivity contribution is 6.60. The summed E-state index contributed by atoms with van der Waals surface area (Å²) in [7, 11) is 5.56. The van der Waals surface area contributed by atoms with Crippen LogP contribution in [0.3, 0.4) is 0 Å². The van der Waals surface area contributed by atoms with Crippen LogP contribution >= 0.6 is 0 Å². The first kappa shape index (κ1) is 23.9. The van der Waals surface area contributed by atoms with Gasteiger partial charge in [0.05, 0.1) is 0 Å². The Morgan fingerprint density at radius 2 is 0.688 bits per heavy atom. The van der Waals surface area contributed by atoms with Gasteiger partial charge in [0.25, 0.3) is 0 Å². The zero-order valence-electron chi connectivity index (χ0n) is 21.0. The Hall–Kier alpha value is 0.194. The van der Waals surface area contributed by atoms with Gasteiger partial charge in [-0.3, -0.25) is 0 Å². The molecule has 7 aliphatic rings. The summed E-state index contributed by atoms with van der Waals surface area (Å²) < 4.78 is 34.6. The molecule has 8 heteroatoms. The molecule has 7 fully saturated rings. The summed E-state index contributed by atoms with van der Waals surface area (Å²) >= 11 is 0. The fourth-order valence-corrected chi connectivity index (χ4v) is 13.7. The van der Waals surface area contributed by atoms with Crippen LogP contribution in [0.2, 0.25) is 12.1 Å². The predicted octanol–water partition coefficient (Wildman–Crippen LogP) is 4.60. The Bertz CT molecular complexity index is 556. The first-order chi connectivity index (χ1) is 15.3. The number of rotatable bonds is 12. The molecule has 6 nitrogen and oxygen atoms in total. The van der Waals surface area contributed by atoms with E-state index in [-0.39, 0.29) is 0 Å². The van der Waals surface area contributed by atoms with Gasteiger partial charge in [0, 0.05) is 54.7 Å². The highest BCUT2D eigenvalue weighted by Crippen LogP contribution is 2.78. The number of hydrogen-bond acceptors (Lipinski definition) is 6. The standard InChI is InChI=1S/C24H44O6Si2/c1-25-31(26-2,27-3)9-7-23-11-17-20-14-24(8-10-32(28-4,29-5)30-6)15-21(17)19(13-23)22(16-24)18(20)12-23/h17-22H,7-16H2,1-6H3. The van der Waals surface area contributed by atoms with Gasteiger partial charge < -0.3 is 26.6 Å². The minimum atomic E-state index is -2.49. The summed E-state index contributed by atoms with van der Waals surface area (Å²) in [4.78, 5) is 0. The van der Waals surface area contributed by atoms with Crippen LogP contribution in [-0.2, 0) is 26.6 Å². The first-order valence-electron chi connectivity index (χ1n) is 12.7. The van der Waals surface area contributed by atoms with Crippen LogP contribution in [0, 0.1) is 46.3 Å². The number of hydrogen-bond donors (Lipinski definition) is 0. The summed E-state index contributed by atoms with van der Waals surface area (Å²) in [5.41, 5.74) is 1.03. The maximum atomic E-state index is 5.77. The van der Waals surface area contributed by atoms with Gasteiger partial charge in [-0.05, 0) is 97.7 Å². The fraction of sp³-hybridized carbons (Fsp3) is 1.00. The molecule has 0 aromatic heterocycles. The van der Waals surface area contributed by atoms with Crippen molar-refractivity contribution in [3.63, 3.8) is 0 Å². The van der Waals surface area contributed by atoms with Crippen molar-refractivity contribution in [2.45, 2.75) is 63.5 Å². The zero-order valence-corrected chi connectivity index (χ0v) is 23.0. The van der Waals surface area contributed by atoms with Crippen LogP contribution < -0.4 is 0 Å². The second kappa shape index (κ2) is 8.40. The second-order valence-electron chi connectivity index (χ2n) is 11.8. The molecule has 7 rings (SSSR count). The highest BCUT2D eigenvalue weighted by Gasteiger charge is 2.70. The molecule has 0 aliphatic heterocycles. The third-order valence-electron chi connectivity index (χ3n) is 11.1. The van der Waals surface area contributed by atoms with Crippen LogP contribution in [-0.4, -0.2) is 60.3 Å². The summed E-state index contributed by atoms with van der Waals surface area (Å²) in [5.74, 6) is 5.72. The van der Waals surface area contributed by atoms with Crippen molar-refractivity contribution in [3.8, 4) is 0 Å². The van der Waals surface area contributed by atoms with Crippen molar-refractivity contribution >= 4 is 17.6 Å². The average Bonchev–Trinajstić information content (AvgIpc) is 2.84. The molecule has 32 heavy (non-hydrogen) atoms. The van der Waals surface area contributed by atoms with Gasteiger partial charge in [0.15, 0.2) is 0 Å². The largest absolute Gasteiger partial charge is 0.500 e. The molecule has 0 radical (unpaired) electrons. The van der Waals surface area contributed by atoms with E-state index in [1.165, 1.54) is 51.4 Å². The van der Waals surface area contributed by atoms with Gasteiger partial charge in [-0.1, -0.05) is 0 Å². The van der Waals surface area contributed by atoms with E-state index in [9.17, 15) is 0 Å². The fourth-order valence-electron chi connectivity index (χ4n) is 9.78. The Labute approximate surface area is 196 Å². The molecule has 0 spiro atoms. The molecule has 7 aliphatic carbocycles. The van der Waals surface area contributed by atoms with E-state index in [0.29, 0.717) is 10.8 Å². The quantitative estimate of drug-likeness (QED) is 0.377. The lowest BCUT2D eigenvalue weighted by molar-refractivity contribution is -0.258. The van der Waals surface area contributed by atoms with E-state index >= 15 is 0 Å². The minimum Gasteiger partial charge on any atom is -0.377 e. The molecular formula is C24H44O6Si2. The molecule has 0 aromatic carbocycles. The molecule has 184 valence electrons. The molecule has 0 atom stereocenters. The topological polar surface area (TPSA) is 55.4 Å². The Balaban J connectivity index is 1.30. The maximum Gasteiger partial charge on any atom is 0.500 e. The third kappa shape index (κ3) is 3.46. The van der Waals surface area contributed by atoms with Crippen molar-refractivity contribution in [1.29, 1.82) is 0 Å². The van der Waals surface area contributed by atoms with Crippen LogP contribution in [0.5, 0.6) is 0 Å². The average molecular weight is 485 g/mol. The molecule has 8 bridgehead atoms. The van der Waals surface area contributed by atoms with E-state index in [1.54, 1.807) is 42.7 Å². The zero-order chi connectivity index (χ0) is 22.8. The van der Waals surface area contributed by atoms with E-state index in [1.807, 2.05) is 0 Å². The highest BCUT2D eigenvalue weighted by atomic mass is 28.4. The lowest BCUT2D eigenvalue weighted by Crippen LogP contribution is -2.67. The summed E-state index contributed by atoms with van der Waals surface area (Å²) in [6, 6.07) is 1.93. The molecule has 0 heterocycles. The van der Waals surface area contributed by atoms with Gasteiger partial charge in [-0.2, -0.15) is 0 Å². The summed E-state index contributed by atoms with van der Waals surface area (Å²) in [6.07, 6.45) is 11.1. The van der Waals surface area contributed by atoms with Crippen LogP contribution in [0.15, 0.2) is 0 Å². The normalized spacial score (nSPS) is 44.1. The van der Waals surface area contributed by atoms with Crippen molar-refractivity contribution in [3.05, 3.63) is 0 Å².